The number of ether oxygens (including phenoxy) is 3. The lowest BCUT2D eigenvalue weighted by Gasteiger charge is -2.32. The van der Waals surface area contributed by atoms with Gasteiger partial charge in [-0.05, 0) is 61.6 Å². The summed E-state index contributed by atoms with van der Waals surface area (Å²) in [7, 11) is 1.36. The number of carbonyl (C=O) groups is 1. The number of hydrogen-bond donors (Lipinski definition) is 2. The number of esters is 1. The van der Waals surface area contributed by atoms with Crippen LogP contribution in [0.25, 0.3) is 6.08 Å². The zero-order valence-electron chi connectivity index (χ0n) is 20.3. The number of aromatic nitrogens is 2. The van der Waals surface area contributed by atoms with E-state index >= 15 is 0 Å². The third-order valence-electron chi connectivity index (χ3n) is 6.83. The zero-order chi connectivity index (χ0) is 24.6. The highest BCUT2D eigenvalue weighted by molar-refractivity contribution is 5.73. The van der Waals surface area contributed by atoms with E-state index in [0.29, 0.717) is 18.6 Å². The molecule has 1 atom stereocenters. The van der Waals surface area contributed by atoms with Crippen LogP contribution < -0.4 is 15.0 Å². The highest BCUT2D eigenvalue weighted by Crippen LogP contribution is 2.37. The van der Waals surface area contributed by atoms with Crippen LogP contribution in [0.1, 0.15) is 60.6 Å². The van der Waals surface area contributed by atoms with Gasteiger partial charge in [0.1, 0.15) is 23.7 Å². The quantitative estimate of drug-likeness (QED) is 0.513. The van der Waals surface area contributed by atoms with Gasteiger partial charge in [-0.25, -0.2) is 0 Å². The Labute approximate surface area is 204 Å². The summed E-state index contributed by atoms with van der Waals surface area (Å²) in [6, 6.07) is 13.9. The number of benzene rings is 2. The van der Waals surface area contributed by atoms with Gasteiger partial charge in [0.2, 0.25) is 0 Å². The maximum Gasteiger partial charge on any atom is 0.306 e. The molecular formula is C28H30N2O5. The van der Waals surface area contributed by atoms with Crippen LogP contribution in [0.3, 0.4) is 0 Å². The van der Waals surface area contributed by atoms with E-state index in [9.17, 15) is 9.59 Å². The van der Waals surface area contributed by atoms with Crippen LogP contribution in [-0.2, 0) is 22.4 Å². The molecule has 3 aromatic rings. The molecule has 0 spiro atoms. The first-order chi connectivity index (χ1) is 16.8. The van der Waals surface area contributed by atoms with Crippen molar-refractivity contribution in [2.24, 2.45) is 0 Å². The molecule has 7 heteroatoms. The first-order valence-corrected chi connectivity index (χ1v) is 11.9. The molecule has 7 nitrogen and oxygen atoms in total. The van der Waals surface area contributed by atoms with Crippen molar-refractivity contribution in [1.82, 2.24) is 10.2 Å². The Bertz CT molecular complexity index is 1350. The second-order valence-corrected chi connectivity index (χ2v) is 9.83. The van der Waals surface area contributed by atoms with Gasteiger partial charge in [0.15, 0.2) is 0 Å². The Balaban J connectivity index is 1.49. The topological polar surface area (TPSA) is 93.4 Å². The molecule has 2 aromatic carbocycles. The van der Waals surface area contributed by atoms with Crippen LogP contribution >= 0.6 is 0 Å². The van der Waals surface area contributed by atoms with E-state index in [-0.39, 0.29) is 23.6 Å². The molecule has 2 aliphatic heterocycles. The molecule has 0 saturated heterocycles. The minimum atomic E-state index is -0.470. The predicted molar refractivity (Wildman–Crippen MR) is 133 cm³/mol. The van der Waals surface area contributed by atoms with E-state index in [1.54, 1.807) is 0 Å². The molecule has 2 aliphatic rings. The van der Waals surface area contributed by atoms with Crippen molar-refractivity contribution in [3.05, 3.63) is 86.3 Å². The van der Waals surface area contributed by atoms with Gasteiger partial charge in [-0.15, -0.1) is 0 Å². The maximum atomic E-state index is 13.0. The first kappa shape index (κ1) is 23.0. The molecule has 182 valence electrons. The number of methoxy groups -OCH3 is 1. The average Bonchev–Trinajstić information content (AvgIpc) is 3.21. The molecule has 0 radical (unpaired) electrons. The smallest absolute Gasteiger partial charge is 0.306 e. The van der Waals surface area contributed by atoms with Crippen molar-refractivity contribution in [2.75, 3.05) is 13.7 Å². The highest BCUT2D eigenvalue weighted by atomic mass is 16.5. The predicted octanol–water partition coefficient (Wildman–Crippen LogP) is 4.52. The number of hydrogen-bond acceptors (Lipinski definition) is 5. The van der Waals surface area contributed by atoms with Crippen molar-refractivity contribution >= 4 is 12.0 Å². The fraction of sp³-hybridized carbons (Fsp3) is 0.357. The van der Waals surface area contributed by atoms with E-state index in [1.807, 2.05) is 42.5 Å². The Morgan fingerprint density at radius 1 is 1.14 bits per heavy atom. The van der Waals surface area contributed by atoms with Crippen LogP contribution in [-0.4, -0.2) is 35.5 Å². The second kappa shape index (κ2) is 9.13. The molecule has 0 amide bonds. The zero-order valence-corrected chi connectivity index (χ0v) is 20.3. The van der Waals surface area contributed by atoms with Gasteiger partial charge in [0.25, 0.3) is 5.56 Å². The normalized spacial score (nSPS) is 16.7. The molecule has 0 aliphatic carbocycles. The molecule has 2 N–H and O–H groups in total. The van der Waals surface area contributed by atoms with E-state index in [2.05, 4.69) is 30.1 Å². The molecule has 0 bridgehead atoms. The summed E-state index contributed by atoms with van der Waals surface area (Å²) in [5.41, 5.74) is 4.92. The minimum absolute atomic E-state index is 0.0505. The van der Waals surface area contributed by atoms with Gasteiger partial charge < -0.3 is 19.3 Å². The van der Waals surface area contributed by atoms with E-state index in [4.69, 9.17) is 14.2 Å². The van der Waals surface area contributed by atoms with E-state index < -0.39 is 5.92 Å². The minimum Gasteiger partial charge on any atom is -0.489 e. The monoisotopic (exact) mass is 474 g/mol. The van der Waals surface area contributed by atoms with Crippen LogP contribution in [0.5, 0.6) is 11.5 Å². The Kier molecular flexibility index (Phi) is 6.01. The third kappa shape index (κ3) is 4.76. The Morgan fingerprint density at radius 2 is 1.97 bits per heavy atom. The fourth-order valence-corrected chi connectivity index (χ4v) is 4.94. The van der Waals surface area contributed by atoms with Crippen LogP contribution in [0, 0.1) is 0 Å². The van der Waals surface area contributed by atoms with Crippen LogP contribution in [0.4, 0.5) is 0 Å². The molecule has 35 heavy (non-hydrogen) atoms. The van der Waals surface area contributed by atoms with Gasteiger partial charge >= 0.3 is 5.97 Å². The van der Waals surface area contributed by atoms with Crippen molar-refractivity contribution in [3.63, 3.8) is 0 Å². The largest absolute Gasteiger partial charge is 0.489 e. The van der Waals surface area contributed by atoms with E-state index in [1.165, 1.54) is 12.7 Å². The number of aromatic amines is 2. The van der Waals surface area contributed by atoms with Gasteiger partial charge in [0, 0.05) is 29.2 Å². The molecule has 3 heterocycles. The summed E-state index contributed by atoms with van der Waals surface area (Å²) >= 11 is 0. The maximum absolute atomic E-state index is 13.0. The number of rotatable bonds is 6. The number of carbonyl (C=O) groups excluding carboxylic acids is 1. The third-order valence-corrected chi connectivity index (χ3v) is 6.83. The lowest BCUT2D eigenvalue weighted by molar-refractivity contribution is -0.140. The van der Waals surface area contributed by atoms with Gasteiger partial charge in [-0.2, -0.15) is 0 Å². The van der Waals surface area contributed by atoms with Crippen molar-refractivity contribution in [2.45, 2.75) is 51.0 Å². The summed E-state index contributed by atoms with van der Waals surface area (Å²) in [6.45, 7) is 4.50. The number of H-pyrrole nitrogens is 2. The van der Waals surface area contributed by atoms with Gasteiger partial charge in [0.05, 0.1) is 13.5 Å². The first-order valence-electron chi connectivity index (χ1n) is 11.9. The average molecular weight is 475 g/mol. The fourth-order valence-electron chi connectivity index (χ4n) is 4.94. The number of fused-ring (bicyclic) bond motifs is 2. The second-order valence-electron chi connectivity index (χ2n) is 9.83. The summed E-state index contributed by atoms with van der Waals surface area (Å²) < 4.78 is 17.0. The van der Waals surface area contributed by atoms with Gasteiger partial charge in [-0.1, -0.05) is 30.3 Å². The summed E-state index contributed by atoms with van der Waals surface area (Å²) in [6.07, 6.45) is 4.48. The molecular weight excluding hydrogens is 444 g/mol. The summed E-state index contributed by atoms with van der Waals surface area (Å²) in [4.78, 5) is 25.4. The number of nitrogens with one attached hydrogen (secondary N) is 2. The number of aryl methyl sites for hydroxylation is 1. The molecule has 5 rings (SSSR count). The molecule has 1 unspecified atom stereocenters. The Morgan fingerprint density at radius 3 is 2.80 bits per heavy atom. The lowest BCUT2D eigenvalue weighted by Crippen LogP contribution is -2.32. The molecule has 1 aromatic heterocycles. The van der Waals surface area contributed by atoms with Crippen molar-refractivity contribution < 1.29 is 19.0 Å². The van der Waals surface area contributed by atoms with Crippen molar-refractivity contribution in [1.29, 1.82) is 0 Å². The lowest BCUT2D eigenvalue weighted by atomic mass is 9.85. The van der Waals surface area contributed by atoms with E-state index in [0.717, 1.165) is 46.7 Å². The number of para-hydroxylation sites is 1. The molecule has 0 saturated carbocycles. The highest BCUT2D eigenvalue weighted by Gasteiger charge is 2.30. The SMILES string of the molecule is COC(=O)CC(C1=Cc2ccccc2OC1)c1c(Cc2ccc3c(c2)CCC(C)(C)O3)[nH][nH]c1=O. The van der Waals surface area contributed by atoms with Gasteiger partial charge in [-0.3, -0.25) is 14.7 Å². The summed E-state index contributed by atoms with van der Waals surface area (Å²) in [5, 5.41) is 5.79. The Hall–Kier alpha value is -3.74. The summed E-state index contributed by atoms with van der Waals surface area (Å²) in [5.74, 6) is 0.854. The van der Waals surface area contributed by atoms with Crippen LogP contribution in [0.2, 0.25) is 0 Å². The molecule has 0 fully saturated rings. The van der Waals surface area contributed by atoms with Crippen molar-refractivity contribution in [3.8, 4) is 11.5 Å². The van der Waals surface area contributed by atoms with Crippen LogP contribution in [0.15, 0.2) is 52.8 Å². The standard InChI is InChI=1S/C28H30N2O5/c1-28(2)11-10-19-12-17(8-9-24(19)35-28)13-22-26(27(32)30-29-22)21(15-25(31)33-3)20-14-18-6-4-5-7-23(18)34-16-20/h4-9,12,14,21H,10-11,13,15-16H2,1-3H3,(H2,29,30,32).